The second-order valence-electron chi connectivity index (χ2n) is 14.3. The smallest absolute Gasteiger partial charge is 0.313 e. The molecule has 0 radical (unpaired) electrons. The maximum Gasteiger partial charge on any atom is 0.313 e. The van der Waals surface area contributed by atoms with Crippen molar-refractivity contribution >= 4 is 41.1 Å². The van der Waals surface area contributed by atoms with Crippen LogP contribution in [0.25, 0.3) is 0 Å². The van der Waals surface area contributed by atoms with Crippen molar-refractivity contribution in [1.82, 2.24) is 10.6 Å². The number of benzene rings is 1. The molecule has 1 aliphatic heterocycles. The van der Waals surface area contributed by atoms with E-state index in [1.165, 1.54) is 0 Å². The highest BCUT2D eigenvalue weighted by molar-refractivity contribution is 6.02. The minimum Gasteiger partial charge on any atom is -0.460 e. The second-order valence-corrected chi connectivity index (χ2v) is 14.3. The summed E-state index contributed by atoms with van der Waals surface area (Å²) < 4.78 is 32.9. The van der Waals surface area contributed by atoms with Crippen molar-refractivity contribution in [1.29, 1.82) is 0 Å². The Hall–Kier alpha value is -4.36. The van der Waals surface area contributed by atoms with Crippen molar-refractivity contribution in [2.24, 2.45) is 11.8 Å². The van der Waals surface area contributed by atoms with E-state index in [0.29, 0.717) is 37.8 Å². The number of hydrogen-bond donors (Lipinski definition) is 3. The summed E-state index contributed by atoms with van der Waals surface area (Å²) in [6, 6.07) is 5.24. The quantitative estimate of drug-likeness (QED) is 0.225. The van der Waals surface area contributed by atoms with Gasteiger partial charge in [-0.1, -0.05) is 19.9 Å². The summed E-state index contributed by atoms with van der Waals surface area (Å²) in [4.78, 5) is 74.2. The number of rotatable bonds is 5. The van der Waals surface area contributed by atoms with Crippen LogP contribution in [0.3, 0.4) is 0 Å². The highest BCUT2D eigenvalue weighted by atomic mass is 16.6. The lowest BCUT2D eigenvalue weighted by Crippen LogP contribution is -2.28. The number of amides is 3. The van der Waals surface area contributed by atoms with Crippen LogP contribution in [-0.2, 0) is 58.9 Å². The van der Waals surface area contributed by atoms with E-state index >= 15 is 0 Å². The maximum absolute atomic E-state index is 13.0. The van der Waals surface area contributed by atoms with Gasteiger partial charge in [0, 0.05) is 44.2 Å². The number of ketones is 1. The molecule has 3 N–H and O–H groups in total. The monoisotopic (exact) mass is 773 g/mol. The molecule has 3 amide bonds. The van der Waals surface area contributed by atoms with Gasteiger partial charge in [-0.3, -0.25) is 28.8 Å². The molecule has 0 bridgehead atoms. The third-order valence-corrected chi connectivity index (χ3v) is 7.87. The molecule has 0 fully saturated rings. The molecule has 0 saturated carbocycles. The Balaban J connectivity index is 2.01. The van der Waals surface area contributed by atoms with E-state index in [4.69, 9.17) is 28.4 Å². The fourth-order valence-electron chi connectivity index (χ4n) is 5.26. The Morgan fingerprint density at radius 3 is 1.93 bits per heavy atom. The van der Waals surface area contributed by atoms with Crippen LogP contribution in [0, 0.1) is 23.7 Å². The molecule has 55 heavy (non-hydrogen) atoms. The first-order valence-electron chi connectivity index (χ1n) is 19.0. The fraction of sp³-hybridized carbons (Fsp3) is 0.650. The van der Waals surface area contributed by atoms with Crippen LogP contribution >= 0.6 is 0 Å². The molecule has 1 aromatic rings. The summed E-state index contributed by atoms with van der Waals surface area (Å²) >= 11 is 0. The van der Waals surface area contributed by atoms with Crippen molar-refractivity contribution in [2.75, 3.05) is 71.3 Å². The van der Waals surface area contributed by atoms with Crippen molar-refractivity contribution in [3.63, 3.8) is 0 Å². The predicted molar refractivity (Wildman–Crippen MR) is 203 cm³/mol. The normalized spacial score (nSPS) is 19.1. The Bertz CT molecular complexity index is 1460. The molecule has 0 aliphatic carbocycles. The molecule has 0 aromatic heterocycles. The minimum absolute atomic E-state index is 0.0222. The Morgan fingerprint density at radius 1 is 0.764 bits per heavy atom. The molecule has 15 heteroatoms. The molecule has 1 unspecified atom stereocenters. The fourth-order valence-corrected chi connectivity index (χ4v) is 5.26. The summed E-state index contributed by atoms with van der Waals surface area (Å²) in [5, 5.41) is 7.92. The van der Waals surface area contributed by atoms with E-state index in [-0.39, 0.29) is 120 Å². The number of hydrogen-bond acceptors (Lipinski definition) is 12. The molecule has 2 atom stereocenters. The van der Waals surface area contributed by atoms with Crippen molar-refractivity contribution in [3.05, 3.63) is 23.8 Å². The molecule has 0 spiro atoms. The summed E-state index contributed by atoms with van der Waals surface area (Å²) in [5.41, 5.74) is 0.665. The van der Waals surface area contributed by atoms with E-state index in [9.17, 15) is 28.8 Å². The van der Waals surface area contributed by atoms with Crippen molar-refractivity contribution < 1.29 is 57.2 Å². The topological polar surface area (TPSA) is 194 Å². The van der Waals surface area contributed by atoms with Gasteiger partial charge in [0.1, 0.15) is 11.4 Å². The van der Waals surface area contributed by atoms with Gasteiger partial charge in [-0.15, -0.1) is 0 Å². The zero-order chi connectivity index (χ0) is 40.5. The molecule has 15 nitrogen and oxygen atoms in total. The first-order chi connectivity index (χ1) is 26.2. The standard InChI is InChI=1S/C40H59N3O12/c1-29(26-30(2)39(49)55-40(3,4)5)27-31-10-11-34-33(28-31)43-37(47)9-7-6-8-32(44)14-18-50-22-24-52-20-16-41-35(45)12-13-36(46)42-17-21-53-25-23-51-19-15-38(48)54-34/h10-11,28-30H,6-9,14-27H2,1-5H3,(H,41,45)(H,42,46)(H,43,47)/t29-,30?/m1/s1. The number of anilines is 1. The number of nitrogens with one attached hydrogen (secondary N) is 3. The zero-order valence-electron chi connectivity index (χ0n) is 33.0. The number of fused-ring (bicyclic) bond motifs is 1. The largest absolute Gasteiger partial charge is 0.460 e. The molecule has 0 saturated heterocycles. The molecule has 1 heterocycles. The maximum atomic E-state index is 13.0. The summed E-state index contributed by atoms with van der Waals surface area (Å²) in [6.45, 7) is 11.5. The number of Topliss-reactive ketones (excluding diaryl/α,β-unsaturated/α-hetero) is 1. The van der Waals surface area contributed by atoms with Gasteiger partial charge in [-0.25, -0.2) is 0 Å². The van der Waals surface area contributed by atoms with Gasteiger partial charge in [0.25, 0.3) is 11.8 Å². The van der Waals surface area contributed by atoms with Crippen LogP contribution in [0.15, 0.2) is 18.2 Å². The van der Waals surface area contributed by atoms with E-state index in [1.807, 2.05) is 40.7 Å². The lowest BCUT2D eigenvalue weighted by Gasteiger charge is -2.23. The van der Waals surface area contributed by atoms with Gasteiger partial charge >= 0.3 is 11.9 Å². The first kappa shape index (κ1) is 46.8. The SMILES string of the molecule is CC(C[C@@H](C)Cc1ccc2c(c1)NC(=O)CCCCC(=O)CCOCCOCCNC(=O)C#CC(=O)NCCOCCOCCC(=O)O2)C(=O)OC(C)(C)C. The van der Waals surface area contributed by atoms with Crippen molar-refractivity contribution in [3.8, 4) is 17.6 Å². The van der Waals surface area contributed by atoms with Crippen LogP contribution in [0.2, 0.25) is 0 Å². The lowest BCUT2D eigenvalue weighted by molar-refractivity contribution is -0.160. The molecular formula is C40H59N3O12. The molecule has 1 aromatic carbocycles. The van der Waals surface area contributed by atoms with Gasteiger partial charge in [0.2, 0.25) is 5.91 Å². The summed E-state index contributed by atoms with van der Waals surface area (Å²) in [7, 11) is 0. The first-order valence-corrected chi connectivity index (χ1v) is 19.0. The Kier molecular flexibility index (Phi) is 22.5. The van der Waals surface area contributed by atoms with Gasteiger partial charge in [-0.05, 0) is 70.1 Å². The van der Waals surface area contributed by atoms with Gasteiger partial charge in [0.05, 0.1) is 70.9 Å². The molecule has 2 rings (SSSR count). The minimum atomic E-state index is -0.626. The number of carbonyl (C=O) groups excluding carboxylic acids is 6. The number of esters is 2. The predicted octanol–water partition coefficient (Wildman–Crippen LogP) is 3.30. The Morgan fingerprint density at radius 2 is 1.33 bits per heavy atom. The zero-order valence-corrected chi connectivity index (χ0v) is 33.0. The third kappa shape index (κ3) is 23.2. The van der Waals surface area contributed by atoms with Crippen LogP contribution < -0.4 is 20.7 Å². The van der Waals surface area contributed by atoms with Crippen LogP contribution in [0.5, 0.6) is 5.75 Å². The van der Waals surface area contributed by atoms with E-state index in [0.717, 1.165) is 5.56 Å². The van der Waals surface area contributed by atoms with E-state index < -0.39 is 23.4 Å². The average molecular weight is 774 g/mol. The summed E-state index contributed by atoms with van der Waals surface area (Å²) in [5.74, 6) is 2.10. The highest BCUT2D eigenvalue weighted by Gasteiger charge is 2.24. The van der Waals surface area contributed by atoms with E-state index in [2.05, 4.69) is 27.8 Å². The van der Waals surface area contributed by atoms with Crippen LogP contribution in [0.1, 0.15) is 85.1 Å². The average Bonchev–Trinajstić information content (AvgIpc) is 3.11. The molecule has 306 valence electrons. The molecular weight excluding hydrogens is 714 g/mol. The van der Waals surface area contributed by atoms with Gasteiger partial charge < -0.3 is 44.4 Å². The van der Waals surface area contributed by atoms with Crippen LogP contribution in [-0.4, -0.2) is 107 Å². The number of ether oxygens (including phenoxy) is 6. The van der Waals surface area contributed by atoms with Gasteiger partial charge in [-0.2, -0.15) is 0 Å². The van der Waals surface area contributed by atoms with E-state index in [1.54, 1.807) is 12.1 Å². The second kappa shape index (κ2) is 26.4. The van der Waals surface area contributed by atoms with Gasteiger partial charge in [0.15, 0.2) is 5.75 Å². The summed E-state index contributed by atoms with van der Waals surface area (Å²) in [6.07, 6.45) is 2.88. The number of carbonyl (C=O) groups is 6. The third-order valence-electron chi connectivity index (χ3n) is 7.87. The highest BCUT2D eigenvalue weighted by Crippen LogP contribution is 2.29. The molecule has 1 aliphatic rings. The lowest BCUT2D eigenvalue weighted by atomic mass is 9.91. The van der Waals surface area contributed by atoms with Crippen LogP contribution in [0.4, 0.5) is 5.69 Å². The Labute approximate surface area is 324 Å². The van der Waals surface area contributed by atoms with Crippen molar-refractivity contribution in [2.45, 2.75) is 91.6 Å².